The Bertz CT molecular complexity index is 549. The first-order chi connectivity index (χ1) is 10.3. The average Bonchev–Trinajstić information content (AvgIpc) is 2.44. The Labute approximate surface area is 144 Å². The first-order valence-electron chi connectivity index (χ1n) is 7.29. The maximum atomic E-state index is 13.9. The van der Waals surface area contributed by atoms with E-state index in [-0.39, 0.29) is 17.5 Å². The third-order valence-electron chi connectivity index (χ3n) is 3.01. The maximum absolute atomic E-state index is 13.9. The Morgan fingerprint density at radius 1 is 1.45 bits per heavy atom. The number of hydrogen-bond donors (Lipinski definition) is 1. The number of ether oxygens (including phenoxy) is 1. The number of carbonyl (C=O) groups is 1. The molecule has 0 aliphatic carbocycles. The standard InChI is InChI=1S/C16H21BrFNO2S/c1-4-5-6-21-15(22)8-11-7-14(13(18)9-12(11)17)19-16(20)10(2)3/h7,9-10H,4-6,8H2,1-3H3,(H,19,20). The number of thiocarbonyl (C=S) groups is 1. The second-order valence-corrected chi connectivity index (χ2v) is 6.63. The molecule has 0 unspecified atom stereocenters. The van der Waals surface area contributed by atoms with Crippen molar-refractivity contribution < 1.29 is 13.9 Å². The van der Waals surface area contributed by atoms with Gasteiger partial charge < -0.3 is 10.1 Å². The fourth-order valence-corrected chi connectivity index (χ4v) is 2.33. The highest BCUT2D eigenvalue weighted by Gasteiger charge is 2.14. The molecule has 22 heavy (non-hydrogen) atoms. The molecule has 0 aliphatic heterocycles. The molecule has 0 bridgehead atoms. The van der Waals surface area contributed by atoms with Crippen molar-refractivity contribution in [2.45, 2.75) is 40.0 Å². The molecule has 0 saturated carbocycles. The van der Waals surface area contributed by atoms with Gasteiger partial charge in [-0.1, -0.05) is 43.1 Å². The van der Waals surface area contributed by atoms with Gasteiger partial charge in [-0.25, -0.2) is 4.39 Å². The van der Waals surface area contributed by atoms with Gasteiger partial charge in [-0.05, 0) is 36.3 Å². The maximum Gasteiger partial charge on any atom is 0.227 e. The SMILES string of the molecule is CCCCOC(=S)Cc1cc(NC(=O)C(C)C)c(F)cc1Br. The summed E-state index contributed by atoms with van der Waals surface area (Å²) < 4.78 is 20.0. The summed E-state index contributed by atoms with van der Waals surface area (Å²) in [6.07, 6.45) is 2.37. The molecule has 3 nitrogen and oxygen atoms in total. The van der Waals surface area contributed by atoms with E-state index >= 15 is 0 Å². The number of amides is 1. The Morgan fingerprint density at radius 3 is 2.73 bits per heavy atom. The molecule has 0 aliphatic rings. The highest BCUT2D eigenvalue weighted by Crippen LogP contribution is 2.26. The lowest BCUT2D eigenvalue weighted by molar-refractivity contribution is -0.118. The van der Waals surface area contributed by atoms with E-state index < -0.39 is 5.82 Å². The van der Waals surface area contributed by atoms with Crippen molar-refractivity contribution in [1.29, 1.82) is 0 Å². The molecule has 6 heteroatoms. The van der Waals surface area contributed by atoms with Crippen LogP contribution in [0.2, 0.25) is 0 Å². The van der Waals surface area contributed by atoms with Crippen LogP contribution in [0.5, 0.6) is 0 Å². The molecule has 1 aromatic rings. The van der Waals surface area contributed by atoms with Gasteiger partial charge in [0.2, 0.25) is 5.91 Å². The van der Waals surface area contributed by atoms with E-state index in [1.165, 1.54) is 6.07 Å². The number of nitrogens with one attached hydrogen (secondary N) is 1. The van der Waals surface area contributed by atoms with E-state index in [9.17, 15) is 9.18 Å². The molecular formula is C16H21BrFNO2S. The summed E-state index contributed by atoms with van der Waals surface area (Å²) in [4.78, 5) is 11.7. The lowest BCUT2D eigenvalue weighted by Crippen LogP contribution is -2.19. The third kappa shape index (κ3) is 6.01. The highest BCUT2D eigenvalue weighted by atomic mass is 79.9. The van der Waals surface area contributed by atoms with Gasteiger partial charge >= 0.3 is 0 Å². The molecule has 1 rings (SSSR count). The van der Waals surface area contributed by atoms with Crippen molar-refractivity contribution in [3.8, 4) is 0 Å². The average molecular weight is 390 g/mol. The zero-order chi connectivity index (χ0) is 16.7. The molecule has 1 N–H and O–H groups in total. The van der Waals surface area contributed by atoms with Gasteiger partial charge in [0.05, 0.1) is 12.3 Å². The quantitative estimate of drug-likeness (QED) is 0.533. The van der Waals surface area contributed by atoms with Gasteiger partial charge in [-0.2, -0.15) is 0 Å². The summed E-state index contributed by atoms with van der Waals surface area (Å²) in [6, 6.07) is 2.93. The normalized spacial score (nSPS) is 10.6. The van der Waals surface area contributed by atoms with Crippen LogP contribution in [0.3, 0.4) is 0 Å². The van der Waals surface area contributed by atoms with E-state index in [1.807, 2.05) is 0 Å². The largest absolute Gasteiger partial charge is 0.487 e. The van der Waals surface area contributed by atoms with E-state index in [0.717, 1.165) is 18.4 Å². The predicted octanol–water partition coefficient (Wildman–Crippen LogP) is 4.87. The van der Waals surface area contributed by atoms with Gasteiger partial charge in [-0.15, -0.1) is 0 Å². The van der Waals surface area contributed by atoms with Crippen molar-refractivity contribution in [1.82, 2.24) is 0 Å². The van der Waals surface area contributed by atoms with Crippen molar-refractivity contribution in [3.63, 3.8) is 0 Å². The molecule has 0 spiro atoms. The van der Waals surface area contributed by atoms with Crippen molar-refractivity contribution in [2.24, 2.45) is 5.92 Å². The molecule has 0 aromatic heterocycles. The monoisotopic (exact) mass is 389 g/mol. The Morgan fingerprint density at radius 2 is 2.14 bits per heavy atom. The third-order valence-corrected chi connectivity index (χ3v) is 4.01. The summed E-state index contributed by atoms with van der Waals surface area (Å²) in [7, 11) is 0. The minimum Gasteiger partial charge on any atom is -0.487 e. The fraction of sp³-hybridized carbons (Fsp3) is 0.500. The van der Waals surface area contributed by atoms with Crippen LogP contribution in [0.15, 0.2) is 16.6 Å². The van der Waals surface area contributed by atoms with Crippen LogP contribution in [-0.4, -0.2) is 17.6 Å². The zero-order valence-electron chi connectivity index (χ0n) is 13.0. The van der Waals surface area contributed by atoms with Gasteiger partial charge in [0, 0.05) is 16.8 Å². The summed E-state index contributed by atoms with van der Waals surface area (Å²) in [5.74, 6) is -0.929. The van der Waals surface area contributed by atoms with Crippen LogP contribution in [0.4, 0.5) is 10.1 Å². The number of anilines is 1. The second-order valence-electron chi connectivity index (χ2n) is 5.32. The highest BCUT2D eigenvalue weighted by molar-refractivity contribution is 9.10. The van der Waals surface area contributed by atoms with E-state index in [1.54, 1.807) is 19.9 Å². The van der Waals surface area contributed by atoms with Crippen LogP contribution < -0.4 is 5.32 Å². The van der Waals surface area contributed by atoms with Crippen molar-refractivity contribution >= 4 is 44.8 Å². The molecule has 122 valence electrons. The molecule has 0 fully saturated rings. The topological polar surface area (TPSA) is 38.3 Å². The first kappa shape index (κ1) is 19.0. The van der Waals surface area contributed by atoms with E-state index in [0.29, 0.717) is 22.6 Å². The second kappa shape index (κ2) is 9.20. The van der Waals surface area contributed by atoms with E-state index in [4.69, 9.17) is 17.0 Å². The lowest BCUT2D eigenvalue weighted by Gasteiger charge is -2.13. The zero-order valence-corrected chi connectivity index (χ0v) is 15.4. The smallest absolute Gasteiger partial charge is 0.227 e. The number of halogens is 2. The Balaban J connectivity index is 2.82. The number of rotatable bonds is 7. The van der Waals surface area contributed by atoms with Crippen molar-refractivity contribution in [3.05, 3.63) is 28.0 Å². The van der Waals surface area contributed by atoms with Crippen LogP contribution >= 0.6 is 28.1 Å². The van der Waals surface area contributed by atoms with Crippen LogP contribution in [-0.2, 0) is 16.0 Å². The van der Waals surface area contributed by atoms with Gasteiger partial charge in [0.15, 0.2) is 5.05 Å². The lowest BCUT2D eigenvalue weighted by atomic mass is 10.1. The van der Waals surface area contributed by atoms with Gasteiger partial charge in [0.25, 0.3) is 0 Å². The van der Waals surface area contributed by atoms with Crippen molar-refractivity contribution in [2.75, 3.05) is 11.9 Å². The van der Waals surface area contributed by atoms with Crippen LogP contribution in [0.25, 0.3) is 0 Å². The molecule has 0 atom stereocenters. The Hall–Kier alpha value is -1.01. The molecule has 1 aromatic carbocycles. The summed E-state index contributed by atoms with van der Waals surface area (Å²) in [6.45, 7) is 6.17. The minimum absolute atomic E-state index is 0.160. The summed E-state index contributed by atoms with van der Waals surface area (Å²) >= 11 is 8.51. The fourth-order valence-electron chi connectivity index (χ4n) is 1.64. The van der Waals surface area contributed by atoms with Crippen LogP contribution in [0, 0.1) is 11.7 Å². The molecular weight excluding hydrogens is 369 g/mol. The van der Waals surface area contributed by atoms with E-state index in [2.05, 4.69) is 28.2 Å². The molecule has 0 radical (unpaired) electrons. The van der Waals surface area contributed by atoms with Gasteiger partial charge in [0.1, 0.15) is 5.82 Å². The Kier molecular flexibility index (Phi) is 7.96. The summed E-state index contributed by atoms with van der Waals surface area (Å²) in [5, 5.41) is 3.04. The summed E-state index contributed by atoms with van der Waals surface area (Å²) in [5.41, 5.74) is 0.940. The number of unbranched alkanes of at least 4 members (excludes halogenated alkanes) is 1. The minimum atomic E-state index is -0.484. The number of benzene rings is 1. The molecule has 0 saturated heterocycles. The predicted molar refractivity (Wildman–Crippen MR) is 94.7 cm³/mol. The molecule has 1 amide bonds. The first-order valence-corrected chi connectivity index (χ1v) is 8.49. The van der Waals surface area contributed by atoms with Gasteiger partial charge in [-0.3, -0.25) is 4.79 Å². The molecule has 0 heterocycles. The number of hydrogen-bond acceptors (Lipinski definition) is 3. The van der Waals surface area contributed by atoms with Crippen LogP contribution in [0.1, 0.15) is 39.2 Å². The number of carbonyl (C=O) groups excluding carboxylic acids is 1.